The first-order chi connectivity index (χ1) is 17.7. The molecule has 10 heteroatoms. The second-order valence-corrected chi connectivity index (χ2v) is 10.6. The Bertz CT molecular complexity index is 1400. The number of amides is 1. The average Bonchev–Trinajstić information content (AvgIpc) is 3.27. The van der Waals surface area contributed by atoms with Crippen molar-refractivity contribution < 1.29 is 14.1 Å². The number of aromatic nitrogens is 2. The van der Waals surface area contributed by atoms with Crippen LogP contribution in [0.5, 0.6) is 0 Å². The second kappa shape index (κ2) is 12.5. The first-order valence-electron chi connectivity index (χ1n) is 11.3. The molecule has 192 valence electrons. The van der Waals surface area contributed by atoms with Crippen molar-refractivity contribution in [2.75, 3.05) is 5.32 Å². The van der Waals surface area contributed by atoms with E-state index in [1.54, 1.807) is 34.9 Å². The Labute approximate surface area is 240 Å². The van der Waals surface area contributed by atoms with Crippen LogP contribution in [0.15, 0.2) is 73.3 Å². The SMILES string of the molecule is Cc1cccc(Cl)c1NC(=O)C[n+]1ccn(CC(OCc2ccc(Cl)cc2Cl)c2ccc(Cl)cc2Cl)c1. The van der Waals surface area contributed by atoms with Crippen LogP contribution in [0, 0.1) is 6.92 Å². The van der Waals surface area contributed by atoms with Crippen LogP contribution in [0.2, 0.25) is 25.1 Å². The van der Waals surface area contributed by atoms with Crippen LogP contribution >= 0.6 is 58.0 Å². The molecule has 0 radical (unpaired) electrons. The Hall–Kier alpha value is -2.25. The number of anilines is 1. The highest BCUT2D eigenvalue weighted by Gasteiger charge is 2.21. The molecule has 0 saturated carbocycles. The van der Waals surface area contributed by atoms with Gasteiger partial charge in [-0.15, -0.1) is 0 Å². The van der Waals surface area contributed by atoms with Gasteiger partial charge in [-0.3, -0.25) is 4.79 Å². The Balaban J connectivity index is 1.48. The maximum atomic E-state index is 12.7. The highest BCUT2D eigenvalue weighted by Crippen LogP contribution is 2.31. The van der Waals surface area contributed by atoms with Gasteiger partial charge in [-0.2, -0.15) is 0 Å². The minimum atomic E-state index is -0.419. The molecule has 1 aromatic heterocycles. The molecule has 3 aromatic carbocycles. The summed E-state index contributed by atoms with van der Waals surface area (Å²) < 4.78 is 9.98. The monoisotopic (exact) mass is 596 g/mol. The third kappa shape index (κ3) is 7.41. The van der Waals surface area contributed by atoms with Gasteiger partial charge in [0.2, 0.25) is 6.33 Å². The standard InChI is InChI=1S/C27H22Cl5N3O2/c1-17-3-2-4-22(30)27(17)33-26(36)14-35-10-9-34(16-35)13-25(21-8-7-20(29)12-24(21)32)37-15-18-5-6-19(28)11-23(18)31/h2-12,16,25H,13-15H2,1H3/p+1. The Morgan fingerprint density at radius 3 is 2.41 bits per heavy atom. The fourth-order valence-electron chi connectivity index (χ4n) is 3.80. The van der Waals surface area contributed by atoms with E-state index in [9.17, 15) is 4.79 Å². The number of hydrogen-bond acceptors (Lipinski definition) is 2. The lowest BCUT2D eigenvalue weighted by molar-refractivity contribution is -0.683. The summed E-state index contributed by atoms with van der Waals surface area (Å²) in [5.74, 6) is -0.190. The van der Waals surface area contributed by atoms with Crippen molar-refractivity contribution in [1.82, 2.24) is 4.57 Å². The molecular weight excluding hydrogens is 576 g/mol. The third-order valence-electron chi connectivity index (χ3n) is 5.70. The number of para-hydroxylation sites is 1. The van der Waals surface area contributed by atoms with E-state index in [1.165, 1.54) is 0 Å². The zero-order valence-corrected chi connectivity index (χ0v) is 23.5. The number of halogens is 5. The highest BCUT2D eigenvalue weighted by atomic mass is 35.5. The van der Waals surface area contributed by atoms with Crippen LogP contribution in [-0.4, -0.2) is 10.5 Å². The van der Waals surface area contributed by atoms with E-state index in [2.05, 4.69) is 5.32 Å². The summed E-state index contributed by atoms with van der Waals surface area (Å²) in [5.41, 5.74) is 3.09. The maximum absolute atomic E-state index is 12.7. The van der Waals surface area contributed by atoms with Crippen molar-refractivity contribution >= 4 is 69.6 Å². The molecule has 1 heterocycles. The number of carbonyl (C=O) groups excluding carboxylic acids is 1. The third-order valence-corrected chi connectivity index (χ3v) is 7.16. The molecular formula is C27H23Cl5N3O2+. The quantitative estimate of drug-likeness (QED) is 0.199. The predicted molar refractivity (Wildman–Crippen MR) is 150 cm³/mol. The molecule has 0 fully saturated rings. The Morgan fingerprint density at radius 2 is 1.70 bits per heavy atom. The number of benzene rings is 3. The fraction of sp³-hybridized carbons (Fsp3) is 0.185. The molecule has 1 unspecified atom stereocenters. The topological polar surface area (TPSA) is 47.1 Å². The molecule has 1 amide bonds. The number of ether oxygens (including phenoxy) is 1. The zero-order chi connectivity index (χ0) is 26.5. The van der Waals surface area contributed by atoms with Gasteiger partial charge >= 0.3 is 0 Å². The minimum Gasteiger partial charge on any atom is -0.365 e. The van der Waals surface area contributed by atoms with E-state index in [-0.39, 0.29) is 19.1 Å². The van der Waals surface area contributed by atoms with Gasteiger partial charge in [0, 0.05) is 25.7 Å². The largest absolute Gasteiger partial charge is 0.365 e. The summed E-state index contributed by atoms with van der Waals surface area (Å²) in [6, 6.07) is 16.0. The lowest BCUT2D eigenvalue weighted by Gasteiger charge is -2.19. The van der Waals surface area contributed by atoms with Crippen LogP contribution in [0.4, 0.5) is 5.69 Å². The predicted octanol–water partition coefficient (Wildman–Crippen LogP) is 7.95. The van der Waals surface area contributed by atoms with Crippen molar-refractivity contribution in [2.45, 2.75) is 32.7 Å². The summed E-state index contributed by atoms with van der Waals surface area (Å²) in [6.07, 6.45) is 5.09. The molecule has 37 heavy (non-hydrogen) atoms. The van der Waals surface area contributed by atoms with Gasteiger partial charge in [-0.25, -0.2) is 9.13 Å². The highest BCUT2D eigenvalue weighted by molar-refractivity contribution is 6.35. The van der Waals surface area contributed by atoms with Gasteiger partial charge in [-0.05, 0) is 48.4 Å². The number of imidazole rings is 1. The molecule has 0 aliphatic carbocycles. The van der Waals surface area contributed by atoms with Gasteiger partial charge in [0.05, 0.1) is 17.3 Å². The van der Waals surface area contributed by atoms with Crippen LogP contribution < -0.4 is 9.88 Å². The van der Waals surface area contributed by atoms with E-state index in [4.69, 9.17) is 62.7 Å². The maximum Gasteiger partial charge on any atom is 0.266 e. The number of hydrogen-bond donors (Lipinski definition) is 1. The van der Waals surface area contributed by atoms with Crippen LogP contribution in [-0.2, 0) is 29.2 Å². The summed E-state index contributed by atoms with van der Waals surface area (Å²) in [4.78, 5) is 12.7. The van der Waals surface area contributed by atoms with E-state index >= 15 is 0 Å². The first kappa shape index (κ1) is 27.8. The molecule has 5 nitrogen and oxygen atoms in total. The normalized spacial score (nSPS) is 11.9. The first-order valence-corrected chi connectivity index (χ1v) is 13.2. The number of rotatable bonds is 9. The summed E-state index contributed by atoms with van der Waals surface area (Å²) >= 11 is 31.2. The molecule has 0 spiro atoms. The number of aryl methyl sites for hydroxylation is 1. The molecule has 0 aliphatic rings. The Morgan fingerprint density at radius 1 is 0.973 bits per heavy atom. The van der Waals surface area contributed by atoms with Crippen molar-refractivity contribution in [2.24, 2.45) is 0 Å². The van der Waals surface area contributed by atoms with E-state index in [0.717, 1.165) is 16.7 Å². The molecule has 0 bridgehead atoms. The fourth-order valence-corrected chi connectivity index (χ4v) is 5.06. The van der Waals surface area contributed by atoms with Crippen LogP contribution in [0.1, 0.15) is 22.8 Å². The molecule has 0 aliphatic heterocycles. The summed E-state index contributed by atoms with van der Waals surface area (Å²) in [7, 11) is 0. The smallest absolute Gasteiger partial charge is 0.266 e. The lowest BCUT2D eigenvalue weighted by Crippen LogP contribution is -2.38. The number of nitrogens with one attached hydrogen (secondary N) is 1. The van der Waals surface area contributed by atoms with E-state index in [0.29, 0.717) is 37.3 Å². The van der Waals surface area contributed by atoms with Crippen molar-refractivity contribution in [3.63, 3.8) is 0 Å². The molecule has 1 N–H and O–H groups in total. The molecule has 0 saturated heterocycles. The van der Waals surface area contributed by atoms with Gasteiger partial charge in [0.1, 0.15) is 25.0 Å². The Kier molecular flexibility index (Phi) is 9.41. The second-order valence-electron chi connectivity index (χ2n) is 8.46. The van der Waals surface area contributed by atoms with Gasteiger partial charge < -0.3 is 10.1 Å². The van der Waals surface area contributed by atoms with Gasteiger partial charge in [-0.1, -0.05) is 82.3 Å². The summed E-state index contributed by atoms with van der Waals surface area (Å²) in [6.45, 7) is 2.70. The average molecular weight is 599 g/mol. The number of nitrogens with zero attached hydrogens (tertiary/aromatic N) is 2. The molecule has 4 aromatic rings. The van der Waals surface area contributed by atoms with Crippen LogP contribution in [0.3, 0.4) is 0 Å². The molecule has 4 rings (SSSR count). The van der Waals surface area contributed by atoms with Crippen LogP contribution in [0.25, 0.3) is 0 Å². The van der Waals surface area contributed by atoms with Crippen molar-refractivity contribution in [3.8, 4) is 0 Å². The van der Waals surface area contributed by atoms with Gasteiger partial charge in [0.25, 0.3) is 5.91 Å². The molecule has 1 atom stereocenters. The van der Waals surface area contributed by atoms with E-state index in [1.807, 2.05) is 54.5 Å². The summed E-state index contributed by atoms with van der Waals surface area (Å²) in [5, 5.41) is 5.48. The number of carbonyl (C=O) groups is 1. The van der Waals surface area contributed by atoms with Gasteiger partial charge in [0.15, 0.2) is 6.54 Å². The van der Waals surface area contributed by atoms with Crippen molar-refractivity contribution in [1.29, 1.82) is 0 Å². The zero-order valence-electron chi connectivity index (χ0n) is 19.7. The lowest BCUT2D eigenvalue weighted by atomic mass is 10.1. The van der Waals surface area contributed by atoms with E-state index < -0.39 is 6.10 Å². The van der Waals surface area contributed by atoms with Crippen molar-refractivity contribution in [3.05, 3.63) is 115 Å². The minimum absolute atomic E-state index is 0.116.